The Morgan fingerprint density at radius 3 is 2.75 bits per heavy atom. The van der Waals surface area contributed by atoms with Crippen LogP contribution in [0.25, 0.3) is 11.0 Å². The normalized spacial score (nSPS) is 17.0. The van der Waals surface area contributed by atoms with Gasteiger partial charge in [-0.25, -0.2) is 4.68 Å². The molecular formula is C33H49N6O4Si. The number of anilines is 1. The molecule has 1 aliphatic heterocycles. The van der Waals surface area contributed by atoms with Gasteiger partial charge in [-0.3, -0.25) is 4.79 Å². The van der Waals surface area contributed by atoms with Gasteiger partial charge in [-0.2, -0.15) is 0 Å². The van der Waals surface area contributed by atoms with Crippen LogP contribution in [0.2, 0.25) is 18.1 Å². The van der Waals surface area contributed by atoms with E-state index in [2.05, 4.69) is 91.4 Å². The van der Waals surface area contributed by atoms with E-state index in [9.17, 15) is 9.90 Å². The van der Waals surface area contributed by atoms with Crippen LogP contribution in [0.3, 0.4) is 0 Å². The van der Waals surface area contributed by atoms with E-state index < -0.39 is 8.32 Å². The molecule has 44 heavy (non-hydrogen) atoms. The Morgan fingerprint density at radius 1 is 1.23 bits per heavy atom. The van der Waals surface area contributed by atoms with Gasteiger partial charge < -0.3 is 29.8 Å². The maximum Gasteiger partial charge on any atom is 0.262 e. The molecule has 1 fully saturated rings. The van der Waals surface area contributed by atoms with Gasteiger partial charge in [-0.1, -0.05) is 32.1 Å². The number of nitrogens with zero attached hydrogens (tertiary/aromatic N) is 4. The van der Waals surface area contributed by atoms with Crippen LogP contribution in [0.4, 0.5) is 5.69 Å². The first-order valence-electron chi connectivity index (χ1n) is 15.9. The Kier molecular flexibility index (Phi) is 9.98. The summed E-state index contributed by atoms with van der Waals surface area (Å²) in [5, 5.41) is 25.7. The number of fused-ring (bicyclic) bond motifs is 2. The summed E-state index contributed by atoms with van der Waals surface area (Å²) in [4.78, 5) is 14.5. The topological polar surface area (TPSA) is 114 Å². The third kappa shape index (κ3) is 7.44. The number of aryl methyl sites for hydroxylation is 1. The molecule has 0 unspecified atom stereocenters. The molecule has 1 atom stereocenters. The minimum Gasteiger partial charge on any atom is -0.506 e. The van der Waals surface area contributed by atoms with E-state index in [1.165, 1.54) is 25.7 Å². The molecule has 0 spiro atoms. The van der Waals surface area contributed by atoms with Crippen LogP contribution in [0.15, 0.2) is 30.3 Å². The average molecular weight is 622 g/mol. The molecule has 2 heterocycles. The molecule has 0 saturated heterocycles. The average Bonchev–Trinajstić information content (AvgIpc) is 3.39. The van der Waals surface area contributed by atoms with Crippen LogP contribution >= 0.6 is 0 Å². The zero-order chi connectivity index (χ0) is 31.5. The molecule has 1 radical (unpaired) electrons. The fourth-order valence-corrected chi connectivity index (χ4v) is 7.10. The first kappa shape index (κ1) is 32.4. The molecule has 2 aliphatic rings. The lowest BCUT2D eigenvalue weighted by Gasteiger charge is -2.40. The van der Waals surface area contributed by atoms with Gasteiger partial charge >= 0.3 is 0 Å². The molecule has 5 rings (SSSR count). The van der Waals surface area contributed by atoms with E-state index in [-0.39, 0.29) is 29.4 Å². The van der Waals surface area contributed by atoms with Gasteiger partial charge in [0.15, 0.2) is 20.7 Å². The number of aromatic hydroxyl groups is 1. The van der Waals surface area contributed by atoms with Crippen LogP contribution in [-0.2, 0) is 22.3 Å². The highest BCUT2D eigenvalue weighted by molar-refractivity contribution is 6.74. The number of hydrogen-bond acceptors (Lipinski definition) is 8. The number of benzene rings is 2. The van der Waals surface area contributed by atoms with Gasteiger partial charge in [0.05, 0.1) is 11.6 Å². The quantitative estimate of drug-likeness (QED) is 0.172. The van der Waals surface area contributed by atoms with Crippen molar-refractivity contribution in [3.8, 4) is 11.5 Å². The molecule has 1 aliphatic carbocycles. The predicted molar refractivity (Wildman–Crippen MR) is 176 cm³/mol. The number of carbonyl (C=O) groups excluding carboxylic acids is 1. The van der Waals surface area contributed by atoms with Crippen molar-refractivity contribution in [1.29, 1.82) is 0 Å². The zero-order valence-corrected chi connectivity index (χ0v) is 28.2. The number of aromatic nitrogens is 3. The van der Waals surface area contributed by atoms with E-state index in [0.29, 0.717) is 30.6 Å². The van der Waals surface area contributed by atoms with Crippen molar-refractivity contribution in [2.45, 2.75) is 96.2 Å². The SMILES string of the molecule is CN(CCCn1nnc2cc(CNC[C@@H](O[Si](C)(C)C(C)(C)C)c3ccc(O)c4c3OCC(=O)N4)ccc21)C1CC[CH]CC1. The van der Waals surface area contributed by atoms with Crippen molar-refractivity contribution < 1.29 is 19.1 Å². The lowest BCUT2D eigenvalue weighted by atomic mass is 9.94. The Hall–Kier alpha value is -2.99. The van der Waals surface area contributed by atoms with Gasteiger partial charge in [0.2, 0.25) is 0 Å². The summed E-state index contributed by atoms with van der Waals surface area (Å²) in [6, 6.07) is 10.5. The van der Waals surface area contributed by atoms with Crippen molar-refractivity contribution in [3.05, 3.63) is 47.9 Å². The Labute approximate surface area is 262 Å². The number of amides is 1. The lowest BCUT2D eigenvalue weighted by molar-refractivity contribution is -0.118. The van der Waals surface area contributed by atoms with Crippen molar-refractivity contribution >= 4 is 30.9 Å². The standard InChI is InChI=1S/C33H49N6O4Si/c1-33(2,3)44(5,6)43-29(25-14-16-28(40)31-32(25)42-22-30(41)35-31)21-34-20-23-13-15-27-26(19-23)36-37-39(27)18-10-17-38(4)24-11-8-7-9-12-24/h7,13-16,19,24,29,34,40H,8-12,17-18,20-22H2,1-6H3,(H,35,41)/t29-/m1/s1. The third-order valence-corrected chi connectivity index (χ3v) is 14.0. The number of phenols is 1. The van der Waals surface area contributed by atoms with E-state index in [4.69, 9.17) is 9.16 Å². The third-order valence-electron chi connectivity index (χ3n) is 9.52. The molecule has 2 aromatic carbocycles. The molecule has 3 N–H and O–H groups in total. The minimum absolute atomic E-state index is 0.00179. The molecule has 3 aromatic rings. The second-order valence-corrected chi connectivity index (χ2v) is 18.5. The Morgan fingerprint density at radius 2 is 2.00 bits per heavy atom. The maximum atomic E-state index is 12.0. The molecule has 1 amide bonds. The summed E-state index contributed by atoms with van der Waals surface area (Å²) in [6.45, 7) is 14.0. The van der Waals surface area contributed by atoms with E-state index in [0.717, 1.165) is 41.7 Å². The van der Waals surface area contributed by atoms with Gasteiger partial charge in [0.1, 0.15) is 17.0 Å². The number of rotatable bonds is 12. The summed E-state index contributed by atoms with van der Waals surface area (Å²) in [5.41, 5.74) is 4.17. The summed E-state index contributed by atoms with van der Waals surface area (Å²) in [6.07, 6.45) is 8.12. The minimum atomic E-state index is -2.19. The Balaban J connectivity index is 1.24. The van der Waals surface area contributed by atoms with Crippen LogP contribution in [0.5, 0.6) is 11.5 Å². The fraction of sp³-hybridized carbons (Fsp3) is 0.576. The van der Waals surface area contributed by atoms with Gasteiger partial charge in [0, 0.05) is 31.2 Å². The zero-order valence-electron chi connectivity index (χ0n) is 27.2. The highest BCUT2D eigenvalue weighted by Gasteiger charge is 2.40. The number of phenolic OH excluding ortho intramolecular Hbond substituents is 1. The molecule has 0 bridgehead atoms. The maximum absolute atomic E-state index is 12.0. The lowest BCUT2D eigenvalue weighted by Crippen LogP contribution is -2.43. The summed E-state index contributed by atoms with van der Waals surface area (Å²) >= 11 is 0. The monoisotopic (exact) mass is 621 g/mol. The fourth-order valence-electron chi connectivity index (χ4n) is 5.82. The molecule has 1 aromatic heterocycles. The molecule has 11 heteroatoms. The van der Waals surface area contributed by atoms with Crippen molar-refractivity contribution in [2.24, 2.45) is 0 Å². The van der Waals surface area contributed by atoms with E-state index in [1.54, 1.807) is 6.07 Å². The highest BCUT2D eigenvalue weighted by Crippen LogP contribution is 2.45. The van der Waals surface area contributed by atoms with Gasteiger partial charge in [0.25, 0.3) is 5.91 Å². The number of nitrogens with one attached hydrogen (secondary N) is 2. The van der Waals surface area contributed by atoms with E-state index in [1.807, 2.05) is 10.7 Å². The smallest absolute Gasteiger partial charge is 0.262 e. The number of hydrogen-bond donors (Lipinski definition) is 3. The second kappa shape index (κ2) is 13.6. The second-order valence-electron chi connectivity index (χ2n) is 13.8. The van der Waals surface area contributed by atoms with Crippen LogP contribution in [0, 0.1) is 6.42 Å². The van der Waals surface area contributed by atoms with Crippen LogP contribution < -0.4 is 15.4 Å². The molecule has 239 valence electrons. The van der Waals surface area contributed by atoms with Crippen molar-refractivity contribution in [2.75, 3.05) is 32.1 Å². The van der Waals surface area contributed by atoms with Gasteiger partial charge in [-0.15, -0.1) is 5.10 Å². The Bertz CT molecular complexity index is 1450. The molecular weight excluding hydrogens is 572 g/mol. The first-order chi connectivity index (χ1) is 20.9. The van der Waals surface area contributed by atoms with Crippen LogP contribution in [-0.4, -0.2) is 72.0 Å². The highest BCUT2D eigenvalue weighted by atomic mass is 28.4. The van der Waals surface area contributed by atoms with E-state index >= 15 is 0 Å². The molecule has 10 nitrogen and oxygen atoms in total. The van der Waals surface area contributed by atoms with Gasteiger partial charge in [-0.05, 0) is 100 Å². The van der Waals surface area contributed by atoms with Crippen molar-refractivity contribution in [1.82, 2.24) is 25.2 Å². The largest absolute Gasteiger partial charge is 0.506 e. The summed E-state index contributed by atoms with van der Waals surface area (Å²) in [5.74, 6) is 0.159. The predicted octanol–water partition coefficient (Wildman–Crippen LogP) is 5.79. The van der Waals surface area contributed by atoms with Crippen LogP contribution in [0.1, 0.15) is 70.1 Å². The number of ether oxygens (including phenoxy) is 1. The molecule has 1 saturated carbocycles. The summed E-state index contributed by atoms with van der Waals surface area (Å²) in [7, 11) is 0.0626. The summed E-state index contributed by atoms with van der Waals surface area (Å²) < 4.78 is 14.7. The first-order valence-corrected chi connectivity index (χ1v) is 18.8. The van der Waals surface area contributed by atoms with Crippen molar-refractivity contribution in [3.63, 3.8) is 0 Å². The number of carbonyl (C=O) groups is 1.